The Balaban J connectivity index is 2.25. The fourth-order valence-electron chi connectivity index (χ4n) is 2.29. The van der Waals surface area contributed by atoms with Crippen molar-refractivity contribution in [1.29, 1.82) is 0 Å². The van der Waals surface area contributed by atoms with Crippen molar-refractivity contribution in [3.05, 3.63) is 52.5 Å². The maximum absolute atomic E-state index is 10.9. The number of rotatable bonds is 4. The van der Waals surface area contributed by atoms with Gasteiger partial charge in [-0.25, -0.2) is 4.79 Å². The predicted octanol–water partition coefficient (Wildman–Crippen LogP) is 4.47. The topological polar surface area (TPSA) is 59.7 Å². The van der Waals surface area contributed by atoms with Gasteiger partial charge < -0.3 is 14.3 Å². The van der Waals surface area contributed by atoms with Gasteiger partial charge in [0, 0.05) is 5.56 Å². The molecule has 4 heteroatoms. The largest absolute Gasteiger partial charge is 0.488 e. The lowest BCUT2D eigenvalue weighted by atomic mass is 9.86. The normalized spacial score (nSPS) is 11.5. The van der Waals surface area contributed by atoms with Crippen LogP contribution in [0.15, 0.2) is 28.7 Å². The molecule has 0 amide bonds. The molecular formula is C18H22O4. The van der Waals surface area contributed by atoms with Gasteiger partial charge in [0.05, 0.1) is 0 Å². The second kappa shape index (κ2) is 5.87. The molecule has 0 aliphatic rings. The molecule has 1 aromatic carbocycles. The van der Waals surface area contributed by atoms with Crippen LogP contribution in [-0.4, -0.2) is 11.1 Å². The van der Waals surface area contributed by atoms with Crippen LogP contribution >= 0.6 is 0 Å². The molecule has 4 nitrogen and oxygen atoms in total. The molecule has 0 atom stereocenters. The molecule has 0 saturated heterocycles. The van der Waals surface area contributed by atoms with E-state index >= 15 is 0 Å². The number of aromatic carboxylic acids is 1. The van der Waals surface area contributed by atoms with Crippen LogP contribution in [0, 0.1) is 13.8 Å². The summed E-state index contributed by atoms with van der Waals surface area (Å²) in [6.07, 6.45) is 0. The van der Waals surface area contributed by atoms with Gasteiger partial charge in [-0.2, -0.15) is 0 Å². The van der Waals surface area contributed by atoms with Gasteiger partial charge in [0.15, 0.2) is 0 Å². The van der Waals surface area contributed by atoms with E-state index in [1.807, 2.05) is 13.0 Å². The zero-order valence-corrected chi connectivity index (χ0v) is 13.7. The van der Waals surface area contributed by atoms with Crippen LogP contribution in [0.1, 0.15) is 53.8 Å². The van der Waals surface area contributed by atoms with Gasteiger partial charge >= 0.3 is 5.97 Å². The molecule has 0 aliphatic carbocycles. The Morgan fingerprint density at radius 1 is 1.23 bits per heavy atom. The summed E-state index contributed by atoms with van der Waals surface area (Å²) >= 11 is 0. The summed E-state index contributed by atoms with van der Waals surface area (Å²) in [5.41, 5.74) is 2.97. The van der Waals surface area contributed by atoms with Crippen LogP contribution in [0.3, 0.4) is 0 Å². The van der Waals surface area contributed by atoms with E-state index in [2.05, 4.69) is 32.9 Å². The number of aryl methyl sites for hydroxylation is 2. The molecular weight excluding hydrogens is 280 g/mol. The predicted molar refractivity (Wildman–Crippen MR) is 84.6 cm³/mol. The molecule has 1 N–H and O–H groups in total. The minimum absolute atomic E-state index is 0.0271. The molecule has 0 fully saturated rings. The molecule has 1 aromatic heterocycles. The highest BCUT2D eigenvalue weighted by atomic mass is 16.5. The molecule has 2 rings (SSSR count). The standard InChI is InChI=1S/C18H22O4/c1-11-6-7-14(18(3,4)5)15(8-11)21-10-13-9-16(17(19)20)22-12(13)2/h6-9H,10H2,1-5H3,(H,19,20). The summed E-state index contributed by atoms with van der Waals surface area (Å²) in [4.78, 5) is 10.9. The average molecular weight is 302 g/mol. The van der Waals surface area contributed by atoms with Crippen LogP contribution in [0.2, 0.25) is 0 Å². The first kappa shape index (κ1) is 16.1. The van der Waals surface area contributed by atoms with E-state index < -0.39 is 5.97 Å². The van der Waals surface area contributed by atoms with Gasteiger partial charge in [-0.05, 0) is 42.5 Å². The van der Waals surface area contributed by atoms with Gasteiger partial charge in [-0.1, -0.05) is 32.9 Å². The van der Waals surface area contributed by atoms with Crippen LogP contribution in [-0.2, 0) is 12.0 Å². The number of benzene rings is 1. The molecule has 118 valence electrons. The SMILES string of the molecule is Cc1ccc(C(C)(C)C)c(OCc2cc(C(=O)O)oc2C)c1. The maximum atomic E-state index is 10.9. The highest BCUT2D eigenvalue weighted by Crippen LogP contribution is 2.32. The quantitative estimate of drug-likeness (QED) is 0.905. The Hall–Kier alpha value is -2.23. The van der Waals surface area contributed by atoms with Gasteiger partial charge in [0.1, 0.15) is 18.1 Å². The molecule has 0 unspecified atom stereocenters. The molecule has 0 saturated carbocycles. The second-order valence-electron chi connectivity index (χ2n) is 6.54. The monoisotopic (exact) mass is 302 g/mol. The highest BCUT2D eigenvalue weighted by molar-refractivity contribution is 5.84. The van der Waals surface area contributed by atoms with Crippen LogP contribution < -0.4 is 4.74 Å². The van der Waals surface area contributed by atoms with Gasteiger partial charge in [-0.15, -0.1) is 0 Å². The minimum atomic E-state index is -1.07. The third-order valence-corrected chi connectivity index (χ3v) is 3.56. The van der Waals surface area contributed by atoms with Crippen molar-refractivity contribution in [1.82, 2.24) is 0 Å². The van der Waals surface area contributed by atoms with Crippen molar-refractivity contribution in [2.45, 2.75) is 46.6 Å². The van der Waals surface area contributed by atoms with Crippen LogP contribution in [0.25, 0.3) is 0 Å². The number of hydrogen-bond donors (Lipinski definition) is 1. The van der Waals surface area contributed by atoms with E-state index in [1.165, 1.54) is 6.07 Å². The molecule has 0 bridgehead atoms. The Morgan fingerprint density at radius 2 is 1.91 bits per heavy atom. The smallest absolute Gasteiger partial charge is 0.371 e. The van der Waals surface area contributed by atoms with Gasteiger partial charge in [-0.3, -0.25) is 0 Å². The Bertz CT molecular complexity index is 690. The zero-order valence-electron chi connectivity index (χ0n) is 13.7. The van der Waals surface area contributed by atoms with Gasteiger partial charge in [0.25, 0.3) is 0 Å². The molecule has 0 spiro atoms. The van der Waals surface area contributed by atoms with E-state index in [0.717, 1.165) is 22.4 Å². The number of ether oxygens (including phenoxy) is 1. The number of carbonyl (C=O) groups is 1. The Kier molecular flexibility index (Phi) is 4.31. The lowest BCUT2D eigenvalue weighted by molar-refractivity contribution is 0.0661. The number of hydrogen-bond acceptors (Lipinski definition) is 3. The van der Waals surface area contributed by atoms with Gasteiger partial charge in [0.2, 0.25) is 5.76 Å². The second-order valence-corrected chi connectivity index (χ2v) is 6.54. The fraction of sp³-hybridized carbons (Fsp3) is 0.389. The molecule has 1 heterocycles. The third kappa shape index (κ3) is 3.50. The molecule has 2 aromatic rings. The summed E-state index contributed by atoms with van der Waals surface area (Å²) in [6.45, 7) is 10.5. The first-order valence-electron chi connectivity index (χ1n) is 7.25. The summed E-state index contributed by atoms with van der Waals surface area (Å²) in [6, 6.07) is 7.67. The molecule has 0 aliphatic heterocycles. The lowest BCUT2D eigenvalue weighted by Gasteiger charge is -2.23. The van der Waals surface area contributed by atoms with E-state index in [4.69, 9.17) is 14.3 Å². The minimum Gasteiger partial charge on any atom is -0.488 e. The summed E-state index contributed by atoms with van der Waals surface area (Å²) in [5, 5.41) is 8.96. The zero-order chi connectivity index (χ0) is 16.5. The first-order valence-corrected chi connectivity index (χ1v) is 7.25. The number of carboxylic acids is 1. The van der Waals surface area contributed by atoms with Crippen molar-refractivity contribution in [2.24, 2.45) is 0 Å². The molecule has 22 heavy (non-hydrogen) atoms. The summed E-state index contributed by atoms with van der Waals surface area (Å²) < 4.78 is 11.2. The van der Waals surface area contributed by atoms with E-state index in [-0.39, 0.29) is 17.8 Å². The van der Waals surface area contributed by atoms with E-state index in [1.54, 1.807) is 6.92 Å². The Labute approximate surface area is 130 Å². The Morgan fingerprint density at radius 3 is 2.45 bits per heavy atom. The van der Waals surface area contributed by atoms with E-state index in [0.29, 0.717) is 5.76 Å². The van der Waals surface area contributed by atoms with Crippen molar-refractivity contribution >= 4 is 5.97 Å². The van der Waals surface area contributed by atoms with Crippen molar-refractivity contribution in [3.63, 3.8) is 0 Å². The number of carboxylic acid groups (broad SMARTS) is 1. The van der Waals surface area contributed by atoms with Crippen molar-refractivity contribution < 1.29 is 19.1 Å². The van der Waals surface area contributed by atoms with Crippen LogP contribution in [0.5, 0.6) is 5.75 Å². The third-order valence-electron chi connectivity index (χ3n) is 3.56. The molecule has 0 radical (unpaired) electrons. The maximum Gasteiger partial charge on any atom is 0.371 e. The lowest BCUT2D eigenvalue weighted by Crippen LogP contribution is -2.13. The number of furan rings is 1. The van der Waals surface area contributed by atoms with E-state index in [9.17, 15) is 4.79 Å². The highest BCUT2D eigenvalue weighted by Gasteiger charge is 2.20. The van der Waals surface area contributed by atoms with Crippen molar-refractivity contribution in [3.8, 4) is 5.75 Å². The van der Waals surface area contributed by atoms with Crippen LogP contribution in [0.4, 0.5) is 0 Å². The fourth-order valence-corrected chi connectivity index (χ4v) is 2.29. The van der Waals surface area contributed by atoms with Crippen molar-refractivity contribution in [2.75, 3.05) is 0 Å². The summed E-state index contributed by atoms with van der Waals surface area (Å²) in [5.74, 6) is 0.268. The first-order chi connectivity index (χ1) is 10.2. The summed E-state index contributed by atoms with van der Waals surface area (Å²) in [7, 11) is 0. The average Bonchev–Trinajstić information content (AvgIpc) is 2.76.